The van der Waals surface area contributed by atoms with E-state index in [4.69, 9.17) is 5.11 Å². The van der Waals surface area contributed by atoms with Gasteiger partial charge in [0.25, 0.3) is 5.91 Å². The van der Waals surface area contributed by atoms with E-state index >= 15 is 0 Å². The van der Waals surface area contributed by atoms with Crippen LogP contribution < -0.4 is 0 Å². The Morgan fingerprint density at radius 3 is 2.42 bits per heavy atom. The fraction of sp³-hybridized carbons (Fsp3) is 0.500. The summed E-state index contributed by atoms with van der Waals surface area (Å²) in [6.45, 7) is 0. The maximum atomic E-state index is 14.1. The number of carboxylic acid groups (broad SMARTS) is 1. The van der Waals surface area contributed by atoms with Crippen LogP contribution in [-0.2, 0) is 9.84 Å². The zero-order chi connectivity index (χ0) is 18.1. The van der Waals surface area contributed by atoms with Crippen molar-refractivity contribution in [3.8, 4) is 0 Å². The number of sulfone groups is 1. The summed E-state index contributed by atoms with van der Waals surface area (Å²) < 4.78 is 38.0. The van der Waals surface area contributed by atoms with Gasteiger partial charge in [-0.25, -0.2) is 17.6 Å². The number of benzene rings is 1. The van der Waals surface area contributed by atoms with Crippen LogP contribution in [0.3, 0.4) is 0 Å². The predicted molar refractivity (Wildman–Crippen MR) is 86.3 cm³/mol. The average molecular weight is 357 g/mol. The average Bonchev–Trinajstić information content (AvgIpc) is 2.52. The molecule has 6 nitrogen and oxygen atoms in total. The van der Waals surface area contributed by atoms with Crippen LogP contribution in [0.2, 0.25) is 0 Å². The van der Waals surface area contributed by atoms with Crippen molar-refractivity contribution < 1.29 is 27.5 Å². The van der Waals surface area contributed by atoms with E-state index in [-0.39, 0.29) is 11.1 Å². The topological polar surface area (TPSA) is 91.8 Å². The molecule has 2 rings (SSSR count). The molecule has 0 heterocycles. The van der Waals surface area contributed by atoms with Gasteiger partial charge in [0.2, 0.25) is 0 Å². The number of nitrogens with zero attached hydrogens (tertiary/aromatic N) is 1. The standard InChI is InChI=1S/C16H20FNO5S/c1-18(13-5-3-4-6-14(13)24(2,22)23)15(19)11-8-7-10(16(20)21)9-12(11)17/h7-9,13-14H,3-6H2,1-2H3,(H,20,21). The van der Waals surface area contributed by atoms with E-state index in [9.17, 15) is 22.4 Å². The summed E-state index contributed by atoms with van der Waals surface area (Å²) in [4.78, 5) is 24.7. The first-order valence-electron chi connectivity index (χ1n) is 7.62. The molecule has 1 fully saturated rings. The molecule has 2 unspecified atom stereocenters. The van der Waals surface area contributed by atoms with Gasteiger partial charge < -0.3 is 10.0 Å². The van der Waals surface area contributed by atoms with Crippen LogP contribution in [0.1, 0.15) is 46.4 Å². The fourth-order valence-electron chi connectivity index (χ4n) is 3.18. The Morgan fingerprint density at radius 2 is 1.88 bits per heavy atom. The van der Waals surface area contributed by atoms with Gasteiger partial charge in [0, 0.05) is 19.3 Å². The van der Waals surface area contributed by atoms with Gasteiger partial charge in [-0.3, -0.25) is 4.79 Å². The van der Waals surface area contributed by atoms with Gasteiger partial charge in [-0.15, -0.1) is 0 Å². The van der Waals surface area contributed by atoms with Crippen molar-refractivity contribution >= 4 is 21.7 Å². The van der Waals surface area contributed by atoms with Gasteiger partial charge in [0.05, 0.1) is 16.4 Å². The molecule has 1 aliphatic carbocycles. The molecule has 0 aliphatic heterocycles. The van der Waals surface area contributed by atoms with Crippen LogP contribution in [0.5, 0.6) is 0 Å². The number of hydrogen-bond acceptors (Lipinski definition) is 4. The monoisotopic (exact) mass is 357 g/mol. The Labute approximate surface area is 140 Å². The molecular weight excluding hydrogens is 337 g/mol. The summed E-state index contributed by atoms with van der Waals surface area (Å²) in [6, 6.07) is 2.55. The van der Waals surface area contributed by atoms with Gasteiger partial charge in [0.15, 0.2) is 9.84 Å². The van der Waals surface area contributed by atoms with Crippen LogP contribution in [0.4, 0.5) is 4.39 Å². The first-order valence-corrected chi connectivity index (χ1v) is 9.57. The van der Waals surface area contributed by atoms with Crippen molar-refractivity contribution in [1.29, 1.82) is 0 Å². The van der Waals surface area contributed by atoms with E-state index < -0.39 is 38.8 Å². The molecule has 0 aromatic heterocycles. The molecule has 1 saturated carbocycles. The van der Waals surface area contributed by atoms with Crippen LogP contribution in [0.25, 0.3) is 0 Å². The van der Waals surface area contributed by atoms with Gasteiger partial charge in [-0.05, 0) is 31.0 Å². The highest BCUT2D eigenvalue weighted by atomic mass is 32.2. The first kappa shape index (κ1) is 18.4. The third kappa shape index (κ3) is 3.75. The smallest absolute Gasteiger partial charge is 0.335 e. The molecule has 1 N–H and O–H groups in total. The van der Waals surface area contributed by atoms with Crippen LogP contribution in [0, 0.1) is 5.82 Å². The largest absolute Gasteiger partial charge is 0.478 e. The molecule has 1 aromatic rings. The van der Waals surface area contributed by atoms with Crippen LogP contribution in [-0.4, -0.2) is 54.9 Å². The Kier molecular flexibility index (Phi) is 5.27. The second-order valence-corrected chi connectivity index (χ2v) is 8.40. The minimum atomic E-state index is -3.33. The van der Waals surface area contributed by atoms with Crippen molar-refractivity contribution in [3.63, 3.8) is 0 Å². The predicted octanol–water partition coefficient (Wildman–Crippen LogP) is 1.95. The van der Waals surface area contributed by atoms with Gasteiger partial charge >= 0.3 is 5.97 Å². The molecule has 1 amide bonds. The van der Waals surface area contributed by atoms with Crippen LogP contribution in [0.15, 0.2) is 18.2 Å². The molecule has 132 valence electrons. The molecule has 1 aromatic carbocycles. The zero-order valence-electron chi connectivity index (χ0n) is 13.5. The number of hydrogen-bond donors (Lipinski definition) is 1. The van der Waals surface area contributed by atoms with Gasteiger partial charge in [0.1, 0.15) is 5.82 Å². The molecule has 0 saturated heterocycles. The number of halogens is 1. The SMILES string of the molecule is CN(C(=O)c1ccc(C(=O)O)cc1F)C1CCCCC1S(C)(=O)=O. The van der Waals surface area contributed by atoms with E-state index in [1.807, 2.05) is 0 Å². The number of carboxylic acids is 1. The fourth-order valence-corrected chi connectivity index (χ4v) is 4.67. The van der Waals surface area contributed by atoms with Gasteiger partial charge in [-0.2, -0.15) is 0 Å². The normalized spacial score (nSPS) is 21.3. The minimum absolute atomic E-state index is 0.251. The summed E-state index contributed by atoms with van der Waals surface area (Å²) in [5, 5.41) is 8.18. The van der Waals surface area contributed by atoms with Crippen molar-refractivity contribution in [2.24, 2.45) is 0 Å². The lowest BCUT2D eigenvalue weighted by atomic mass is 9.93. The molecule has 0 radical (unpaired) electrons. The highest BCUT2D eigenvalue weighted by Crippen LogP contribution is 2.28. The molecule has 0 spiro atoms. The summed E-state index contributed by atoms with van der Waals surface area (Å²) in [5.74, 6) is -2.87. The first-order chi connectivity index (χ1) is 11.1. The number of carbonyl (C=O) groups is 2. The number of amides is 1. The van der Waals surface area contributed by atoms with E-state index in [1.54, 1.807) is 0 Å². The molecular formula is C16H20FNO5S. The van der Waals surface area contributed by atoms with Crippen LogP contribution >= 0.6 is 0 Å². The Bertz CT molecular complexity index is 762. The molecule has 2 atom stereocenters. The van der Waals surface area contributed by atoms with Crippen molar-refractivity contribution in [1.82, 2.24) is 4.90 Å². The summed E-state index contributed by atoms with van der Waals surface area (Å²) >= 11 is 0. The number of aromatic carboxylic acids is 1. The highest BCUT2D eigenvalue weighted by molar-refractivity contribution is 7.91. The summed E-state index contributed by atoms with van der Waals surface area (Å²) in [5.41, 5.74) is -0.515. The second-order valence-electron chi connectivity index (χ2n) is 6.14. The maximum absolute atomic E-state index is 14.1. The Balaban J connectivity index is 2.30. The number of carbonyl (C=O) groups excluding carboxylic acids is 1. The molecule has 8 heteroatoms. The lowest BCUT2D eigenvalue weighted by molar-refractivity contribution is 0.0680. The second kappa shape index (κ2) is 6.88. The van der Waals surface area contributed by atoms with Crippen molar-refractivity contribution in [2.45, 2.75) is 37.0 Å². The van der Waals surface area contributed by atoms with E-state index in [0.29, 0.717) is 12.8 Å². The highest BCUT2D eigenvalue weighted by Gasteiger charge is 2.37. The van der Waals surface area contributed by atoms with E-state index in [0.717, 1.165) is 37.3 Å². The third-order valence-corrected chi connectivity index (χ3v) is 6.13. The lowest BCUT2D eigenvalue weighted by Crippen LogP contribution is -2.49. The minimum Gasteiger partial charge on any atom is -0.478 e. The van der Waals surface area contributed by atoms with E-state index in [1.165, 1.54) is 11.9 Å². The Morgan fingerprint density at radius 1 is 1.25 bits per heavy atom. The lowest BCUT2D eigenvalue weighted by Gasteiger charge is -2.37. The molecule has 1 aliphatic rings. The van der Waals surface area contributed by atoms with E-state index in [2.05, 4.69) is 0 Å². The molecule has 24 heavy (non-hydrogen) atoms. The van der Waals surface area contributed by atoms with Crippen molar-refractivity contribution in [3.05, 3.63) is 35.1 Å². The van der Waals surface area contributed by atoms with Crippen molar-refractivity contribution in [2.75, 3.05) is 13.3 Å². The summed E-state index contributed by atoms with van der Waals surface area (Å²) in [6.07, 6.45) is 3.74. The summed E-state index contributed by atoms with van der Waals surface area (Å²) in [7, 11) is -1.87. The maximum Gasteiger partial charge on any atom is 0.335 e. The van der Waals surface area contributed by atoms with Gasteiger partial charge in [-0.1, -0.05) is 12.8 Å². The Hall–Kier alpha value is -1.96. The third-order valence-electron chi connectivity index (χ3n) is 4.48. The zero-order valence-corrected chi connectivity index (χ0v) is 14.3. The number of rotatable bonds is 4. The quantitative estimate of drug-likeness (QED) is 0.889. The molecule has 0 bridgehead atoms.